The van der Waals surface area contributed by atoms with Crippen LogP contribution in [0, 0.1) is 6.92 Å². The van der Waals surface area contributed by atoms with Crippen molar-refractivity contribution >= 4 is 43.8 Å². The van der Waals surface area contributed by atoms with Gasteiger partial charge in [-0.25, -0.2) is 4.98 Å². The van der Waals surface area contributed by atoms with Crippen molar-refractivity contribution in [1.82, 2.24) is 14.5 Å². The normalized spacial score (nSPS) is 12.9. The van der Waals surface area contributed by atoms with Crippen molar-refractivity contribution in [1.29, 1.82) is 0 Å². The van der Waals surface area contributed by atoms with Crippen LogP contribution in [0.5, 0.6) is 0 Å². The van der Waals surface area contributed by atoms with Crippen molar-refractivity contribution < 1.29 is 0 Å². The fourth-order valence-corrected chi connectivity index (χ4v) is 6.48. The van der Waals surface area contributed by atoms with Crippen LogP contribution in [-0.2, 0) is 6.42 Å². The van der Waals surface area contributed by atoms with Crippen LogP contribution in [0.4, 0.5) is 0 Å². The Morgan fingerprint density at radius 1 is 0.816 bits per heavy atom. The molecule has 0 unspecified atom stereocenters. The third kappa shape index (κ3) is 6.39. The molecule has 0 aliphatic rings. The molecule has 4 N–H and O–H groups in total. The predicted molar refractivity (Wildman–Crippen MR) is 207 cm³/mol. The van der Waals surface area contributed by atoms with Crippen LogP contribution in [0.3, 0.4) is 0 Å². The van der Waals surface area contributed by atoms with E-state index in [-0.39, 0.29) is 0 Å². The van der Waals surface area contributed by atoms with Crippen LogP contribution < -0.4 is 11.5 Å². The van der Waals surface area contributed by atoms with E-state index in [2.05, 4.69) is 120 Å². The Hall–Kier alpha value is -6.20. The molecule has 240 valence electrons. The summed E-state index contributed by atoms with van der Waals surface area (Å²) >= 11 is 0. The molecule has 5 nitrogen and oxygen atoms in total. The Morgan fingerprint density at radius 2 is 1.63 bits per heavy atom. The number of pyridine rings is 2. The maximum absolute atomic E-state index is 6.33. The van der Waals surface area contributed by atoms with Gasteiger partial charge < -0.3 is 16.0 Å². The van der Waals surface area contributed by atoms with Gasteiger partial charge in [0.15, 0.2) is 0 Å². The second kappa shape index (κ2) is 13.5. The molecule has 0 saturated carbocycles. The molecule has 0 saturated heterocycles. The molecular formula is C44H39N5. The highest BCUT2D eigenvalue weighted by Gasteiger charge is 2.16. The van der Waals surface area contributed by atoms with Gasteiger partial charge in [-0.1, -0.05) is 78.9 Å². The SMILES string of the molecule is CC(=C/N)/C=C(\C)c1cccc(-c2ccc3c(ccc4c5ccc(C/C=C\C=C(/N)c6cncc(C)c6)cc5n(-c5ccccc5)c34)c2)n1. The van der Waals surface area contributed by atoms with Crippen molar-refractivity contribution in [3.05, 3.63) is 174 Å². The molecule has 49 heavy (non-hydrogen) atoms. The summed E-state index contributed by atoms with van der Waals surface area (Å²) in [5.41, 5.74) is 24.5. The average molecular weight is 638 g/mol. The zero-order chi connectivity index (χ0) is 33.9. The predicted octanol–water partition coefficient (Wildman–Crippen LogP) is 10.1. The van der Waals surface area contributed by atoms with E-state index in [1.54, 1.807) is 12.4 Å². The van der Waals surface area contributed by atoms with E-state index >= 15 is 0 Å². The van der Waals surface area contributed by atoms with E-state index < -0.39 is 0 Å². The molecule has 0 aliphatic heterocycles. The molecule has 0 spiro atoms. The van der Waals surface area contributed by atoms with Gasteiger partial charge in [0.2, 0.25) is 0 Å². The highest BCUT2D eigenvalue weighted by atomic mass is 15.0. The van der Waals surface area contributed by atoms with E-state index in [9.17, 15) is 0 Å². The van der Waals surface area contributed by atoms with Crippen LogP contribution in [0.25, 0.3) is 60.8 Å². The zero-order valence-electron chi connectivity index (χ0n) is 28.1. The third-order valence-electron chi connectivity index (χ3n) is 8.95. The molecule has 0 amide bonds. The topological polar surface area (TPSA) is 82.8 Å². The van der Waals surface area contributed by atoms with Gasteiger partial charge in [-0.2, -0.15) is 0 Å². The summed E-state index contributed by atoms with van der Waals surface area (Å²) in [4.78, 5) is 9.27. The van der Waals surface area contributed by atoms with Crippen LogP contribution in [0.2, 0.25) is 0 Å². The Morgan fingerprint density at radius 3 is 2.45 bits per heavy atom. The Bertz CT molecular complexity index is 2460. The van der Waals surface area contributed by atoms with E-state index in [1.165, 1.54) is 38.1 Å². The van der Waals surface area contributed by atoms with Crippen molar-refractivity contribution in [3.63, 3.8) is 0 Å². The molecule has 0 bridgehead atoms. The first kappa shape index (κ1) is 31.4. The molecule has 7 aromatic rings. The summed E-state index contributed by atoms with van der Waals surface area (Å²) < 4.78 is 2.41. The minimum Gasteiger partial charge on any atom is -0.404 e. The highest BCUT2D eigenvalue weighted by molar-refractivity contribution is 6.19. The number of rotatable bonds is 8. The zero-order valence-corrected chi connectivity index (χ0v) is 28.1. The van der Waals surface area contributed by atoms with Crippen molar-refractivity contribution in [2.24, 2.45) is 11.5 Å². The van der Waals surface area contributed by atoms with Gasteiger partial charge in [0.05, 0.1) is 22.4 Å². The van der Waals surface area contributed by atoms with Gasteiger partial charge >= 0.3 is 0 Å². The monoisotopic (exact) mass is 637 g/mol. The number of benzene rings is 4. The number of nitrogens with two attached hydrogens (primary N) is 2. The van der Waals surface area contributed by atoms with Crippen molar-refractivity contribution in [2.45, 2.75) is 27.2 Å². The molecule has 4 aromatic carbocycles. The van der Waals surface area contributed by atoms with Gasteiger partial charge in [0.25, 0.3) is 0 Å². The van der Waals surface area contributed by atoms with Crippen LogP contribution in [-0.4, -0.2) is 14.5 Å². The van der Waals surface area contributed by atoms with Gasteiger partial charge in [0, 0.05) is 51.1 Å². The molecule has 3 aromatic heterocycles. The first-order valence-electron chi connectivity index (χ1n) is 16.5. The fraction of sp³-hybridized carbons (Fsp3) is 0.0909. The second-order valence-corrected chi connectivity index (χ2v) is 12.6. The minimum absolute atomic E-state index is 0.701. The molecule has 0 atom stereocenters. The number of aromatic nitrogens is 3. The second-order valence-electron chi connectivity index (χ2n) is 12.6. The van der Waals surface area contributed by atoms with E-state index in [0.717, 1.165) is 51.3 Å². The summed E-state index contributed by atoms with van der Waals surface area (Å²) in [5.74, 6) is 0. The molecule has 3 heterocycles. The van der Waals surface area contributed by atoms with E-state index in [0.29, 0.717) is 5.70 Å². The number of allylic oxidation sites excluding steroid dienone is 6. The molecule has 0 aliphatic carbocycles. The maximum atomic E-state index is 6.33. The summed E-state index contributed by atoms with van der Waals surface area (Å²) in [6, 6.07) is 36.8. The molecule has 7 rings (SSSR count). The third-order valence-corrected chi connectivity index (χ3v) is 8.95. The number of hydrogen-bond donors (Lipinski definition) is 2. The van der Waals surface area contributed by atoms with Gasteiger partial charge in [-0.3, -0.25) is 4.98 Å². The lowest BCUT2D eigenvalue weighted by Gasteiger charge is -2.11. The lowest BCUT2D eigenvalue weighted by atomic mass is 10.0. The van der Waals surface area contributed by atoms with Gasteiger partial charge in [-0.15, -0.1) is 0 Å². The number of aryl methyl sites for hydroxylation is 1. The summed E-state index contributed by atoms with van der Waals surface area (Å²) in [5, 5.41) is 4.83. The van der Waals surface area contributed by atoms with Gasteiger partial charge in [-0.05, 0) is 110 Å². The Labute approximate surface area is 287 Å². The van der Waals surface area contributed by atoms with Gasteiger partial charge in [0.1, 0.15) is 0 Å². The fourth-order valence-electron chi connectivity index (χ4n) is 6.48. The lowest BCUT2D eigenvalue weighted by molar-refractivity contribution is 1.18. The summed E-state index contributed by atoms with van der Waals surface area (Å²) in [6.45, 7) is 6.08. The summed E-state index contributed by atoms with van der Waals surface area (Å²) in [6.07, 6.45) is 14.2. The van der Waals surface area contributed by atoms with Crippen LogP contribution >= 0.6 is 0 Å². The molecule has 0 radical (unpaired) electrons. The highest BCUT2D eigenvalue weighted by Crippen LogP contribution is 2.38. The average Bonchev–Trinajstić information content (AvgIpc) is 3.47. The standard InChI is InChI=1S/C44H39N5/c1-29(26-45)22-31(3)41-14-9-15-42(48-41)34-18-20-37-33(25-34)17-21-39-38-19-16-32(10-7-8-13-40(46)35-23-30(2)27-47-28-35)24-43(38)49(44(37)39)36-11-5-4-6-12-36/h4-9,11-28H,10,45-46H2,1-3H3/b8-7-,29-26-,31-22+,40-13-. The number of fused-ring (bicyclic) bond motifs is 5. The Balaban J connectivity index is 1.29. The molecule has 0 fully saturated rings. The Kier molecular flexibility index (Phi) is 8.65. The minimum atomic E-state index is 0.701. The summed E-state index contributed by atoms with van der Waals surface area (Å²) in [7, 11) is 0. The van der Waals surface area contributed by atoms with Crippen molar-refractivity contribution in [3.8, 4) is 16.9 Å². The maximum Gasteiger partial charge on any atom is 0.0709 e. The smallest absolute Gasteiger partial charge is 0.0709 e. The number of nitrogens with zero attached hydrogens (tertiary/aromatic N) is 3. The quantitative estimate of drug-likeness (QED) is 0.163. The van der Waals surface area contributed by atoms with E-state index in [1.807, 2.05) is 44.3 Å². The lowest BCUT2D eigenvalue weighted by Crippen LogP contribution is -1.96. The van der Waals surface area contributed by atoms with Crippen LogP contribution in [0.1, 0.15) is 36.2 Å². The largest absolute Gasteiger partial charge is 0.404 e. The number of hydrogen-bond acceptors (Lipinski definition) is 4. The molecular weight excluding hydrogens is 599 g/mol. The first-order chi connectivity index (χ1) is 23.9. The van der Waals surface area contributed by atoms with Crippen LogP contribution in [0.15, 0.2) is 152 Å². The molecule has 5 heteroatoms. The first-order valence-corrected chi connectivity index (χ1v) is 16.5. The van der Waals surface area contributed by atoms with Crippen molar-refractivity contribution in [2.75, 3.05) is 0 Å². The number of para-hydroxylation sites is 1. The van der Waals surface area contributed by atoms with E-state index in [4.69, 9.17) is 16.5 Å².